The Bertz CT molecular complexity index is 429. The summed E-state index contributed by atoms with van der Waals surface area (Å²) in [6.07, 6.45) is -1.20. The fourth-order valence-corrected chi connectivity index (χ4v) is 1.73. The van der Waals surface area contributed by atoms with Crippen molar-refractivity contribution in [2.75, 3.05) is 5.33 Å². The topological polar surface area (TPSA) is 75.7 Å². The Morgan fingerprint density at radius 1 is 1.21 bits per heavy atom. The van der Waals surface area contributed by atoms with E-state index < -0.39 is 18.0 Å². The average molecular weight is 339 g/mol. The van der Waals surface area contributed by atoms with Crippen LogP contribution < -0.4 is 44.1 Å². The Labute approximate surface area is 141 Å². The number of ether oxygens (including phenoxy) is 2. The predicted octanol–water partition coefficient (Wildman–Crippen LogP) is -1.66. The summed E-state index contributed by atoms with van der Waals surface area (Å²) in [5.41, 5.74) is 0.153. The van der Waals surface area contributed by atoms with Crippen molar-refractivity contribution in [1.82, 2.24) is 0 Å². The molecule has 1 aromatic carbocycles. The summed E-state index contributed by atoms with van der Waals surface area (Å²) in [6.45, 7) is 2.46. The van der Waals surface area contributed by atoms with E-state index in [2.05, 4.69) is 15.9 Å². The molecule has 0 heterocycles. The van der Waals surface area contributed by atoms with Crippen LogP contribution in [0.3, 0.4) is 0 Å². The maximum Gasteiger partial charge on any atom is 1.00 e. The molecule has 0 saturated carbocycles. The monoisotopic (exact) mass is 338 g/mol. The maximum atomic E-state index is 11.9. The number of carbonyl (C=O) groups is 2. The largest absolute Gasteiger partial charge is 1.00 e. The minimum absolute atomic E-state index is 0. The van der Waals surface area contributed by atoms with E-state index in [-0.39, 0.29) is 51.9 Å². The van der Waals surface area contributed by atoms with E-state index in [9.17, 15) is 14.7 Å². The van der Waals surface area contributed by atoms with E-state index >= 15 is 0 Å². The van der Waals surface area contributed by atoms with Crippen LogP contribution in [0.15, 0.2) is 18.2 Å². The second kappa shape index (κ2) is 8.71. The first-order valence-electron chi connectivity index (χ1n) is 5.17. The Kier molecular flexibility index (Phi) is 8.52. The number of alkyl halides is 1. The first kappa shape index (κ1) is 18.6. The quantitative estimate of drug-likeness (QED) is 0.284. The van der Waals surface area contributed by atoms with Gasteiger partial charge in [-0.3, -0.25) is 9.59 Å². The van der Waals surface area contributed by atoms with Gasteiger partial charge in [0.2, 0.25) is 0 Å². The van der Waals surface area contributed by atoms with Crippen LogP contribution in [-0.2, 0) is 9.59 Å². The summed E-state index contributed by atoms with van der Waals surface area (Å²) in [5, 5.41) is 12.0. The van der Waals surface area contributed by atoms with E-state index in [1.807, 2.05) is 0 Å². The van der Waals surface area contributed by atoms with Crippen LogP contribution in [0.5, 0.6) is 11.5 Å². The number of hydrogen-bond acceptors (Lipinski definition) is 5. The zero-order chi connectivity index (χ0) is 13.7. The third-order valence-electron chi connectivity index (χ3n) is 2.00. The number of halogens is 1. The first-order valence-corrected chi connectivity index (χ1v) is 6.29. The molecule has 0 bridgehead atoms. The summed E-state index contributed by atoms with van der Waals surface area (Å²) in [6, 6.07) is 4.51. The molecule has 0 spiro atoms. The van der Waals surface area contributed by atoms with Gasteiger partial charge in [0.05, 0.1) is 0 Å². The summed E-state index contributed by atoms with van der Waals surface area (Å²) in [7, 11) is 0. The van der Waals surface area contributed by atoms with Gasteiger partial charge >= 0.3 is 41.5 Å². The van der Waals surface area contributed by atoms with Crippen LogP contribution in [-0.4, -0.2) is 17.3 Å². The van der Waals surface area contributed by atoms with Crippen molar-refractivity contribution >= 4 is 27.9 Å². The van der Waals surface area contributed by atoms with Crippen LogP contribution in [0.25, 0.3) is 0 Å². The summed E-state index contributed by atoms with van der Waals surface area (Å²) < 4.78 is 9.88. The molecule has 98 valence electrons. The van der Waals surface area contributed by atoms with Gasteiger partial charge in [-0.05, 0) is 17.5 Å². The van der Waals surface area contributed by atoms with E-state index in [4.69, 9.17) is 9.47 Å². The van der Waals surface area contributed by atoms with Gasteiger partial charge in [-0.2, -0.15) is 0 Å². The Morgan fingerprint density at radius 3 is 1.95 bits per heavy atom. The third-order valence-corrected chi connectivity index (χ3v) is 2.58. The fraction of sp³-hybridized carbons (Fsp3) is 0.333. The molecule has 0 aliphatic heterocycles. The van der Waals surface area contributed by atoms with Crippen molar-refractivity contribution in [3.8, 4) is 11.5 Å². The molecule has 1 atom stereocenters. The van der Waals surface area contributed by atoms with Gasteiger partial charge in [0.15, 0.2) is 0 Å². The second-order valence-electron chi connectivity index (χ2n) is 3.50. The van der Waals surface area contributed by atoms with Gasteiger partial charge in [-0.25, -0.2) is 0 Å². The molecule has 0 fully saturated rings. The zero-order valence-corrected chi connectivity index (χ0v) is 14.5. The maximum absolute atomic E-state index is 11.9. The second-order valence-corrected chi connectivity index (χ2v) is 4.15. The van der Waals surface area contributed by atoms with Crippen LogP contribution in [0.4, 0.5) is 0 Å². The van der Waals surface area contributed by atoms with Crippen molar-refractivity contribution in [2.24, 2.45) is 0 Å². The van der Waals surface area contributed by atoms with Crippen molar-refractivity contribution in [2.45, 2.75) is 20.0 Å². The van der Waals surface area contributed by atoms with Crippen LogP contribution in [0, 0.1) is 0 Å². The minimum atomic E-state index is -1.20. The molecular formula is C12H12BrNaO5. The molecular weight excluding hydrogens is 327 g/mol. The molecule has 7 heteroatoms. The number of benzene rings is 1. The van der Waals surface area contributed by atoms with Gasteiger partial charge in [-0.15, -0.1) is 0 Å². The first-order chi connectivity index (χ1) is 8.45. The molecule has 0 aliphatic rings. The van der Waals surface area contributed by atoms with Crippen molar-refractivity contribution in [3.05, 3.63) is 23.8 Å². The number of esters is 2. The molecule has 1 aromatic rings. The molecule has 0 amide bonds. The van der Waals surface area contributed by atoms with E-state index in [1.54, 1.807) is 6.07 Å². The summed E-state index contributed by atoms with van der Waals surface area (Å²) in [5.74, 6) is -0.864. The SMILES string of the molecule is CC(=O)Oc1cccc(OC(C)=O)c1C([O-])CBr.[Na+]. The fourth-order valence-electron chi connectivity index (χ4n) is 1.41. The van der Waals surface area contributed by atoms with Crippen LogP contribution in [0.2, 0.25) is 0 Å². The van der Waals surface area contributed by atoms with E-state index in [1.165, 1.54) is 26.0 Å². The van der Waals surface area contributed by atoms with Gasteiger partial charge in [0.1, 0.15) is 11.5 Å². The van der Waals surface area contributed by atoms with Crippen LogP contribution >= 0.6 is 15.9 Å². The molecule has 1 unspecified atom stereocenters. The molecule has 0 aliphatic carbocycles. The molecule has 1 rings (SSSR count). The smallest absolute Gasteiger partial charge is 0.848 e. The Balaban J connectivity index is 0.00000324. The molecule has 5 nitrogen and oxygen atoms in total. The summed E-state index contributed by atoms with van der Waals surface area (Å²) in [4.78, 5) is 21.9. The molecule has 0 radical (unpaired) electrons. The van der Waals surface area contributed by atoms with Gasteiger partial charge in [-0.1, -0.05) is 28.1 Å². The Hall–Kier alpha value is -0.400. The van der Waals surface area contributed by atoms with Crippen molar-refractivity contribution in [1.29, 1.82) is 0 Å². The molecule has 0 saturated heterocycles. The van der Waals surface area contributed by atoms with Crippen molar-refractivity contribution in [3.63, 3.8) is 0 Å². The summed E-state index contributed by atoms with van der Waals surface area (Å²) >= 11 is 3.06. The molecule has 0 aromatic heterocycles. The van der Waals surface area contributed by atoms with Gasteiger partial charge < -0.3 is 14.6 Å². The molecule has 19 heavy (non-hydrogen) atoms. The van der Waals surface area contributed by atoms with Crippen LogP contribution in [0.1, 0.15) is 25.5 Å². The van der Waals surface area contributed by atoms with E-state index in [0.717, 1.165) is 0 Å². The minimum Gasteiger partial charge on any atom is -0.848 e. The zero-order valence-electron chi connectivity index (χ0n) is 10.9. The standard InChI is InChI=1S/C12H12BrO5.Na/c1-7(14)17-10-4-3-5-11(18-8(2)15)12(10)9(16)6-13;/h3-5,9H,6H2,1-2H3;/q-1;+1. The number of rotatable bonds is 4. The van der Waals surface area contributed by atoms with Gasteiger partial charge in [0.25, 0.3) is 0 Å². The number of carbonyl (C=O) groups excluding carboxylic acids is 2. The Morgan fingerprint density at radius 2 is 1.63 bits per heavy atom. The average Bonchev–Trinajstić information content (AvgIpc) is 2.27. The normalized spacial score (nSPS) is 11.2. The van der Waals surface area contributed by atoms with E-state index in [0.29, 0.717) is 0 Å². The van der Waals surface area contributed by atoms with Gasteiger partial charge in [0, 0.05) is 19.4 Å². The number of hydrogen-bond donors (Lipinski definition) is 0. The third kappa shape index (κ3) is 5.62. The van der Waals surface area contributed by atoms with Crippen molar-refractivity contribution < 1.29 is 53.7 Å². The molecule has 0 N–H and O–H groups in total. The predicted molar refractivity (Wildman–Crippen MR) is 65.6 cm³/mol.